The molecule has 0 spiro atoms. The molecule has 0 fully saturated rings. The fourth-order valence-corrected chi connectivity index (χ4v) is 2.29. The van der Waals surface area contributed by atoms with Gasteiger partial charge in [0.2, 0.25) is 0 Å². The van der Waals surface area contributed by atoms with Crippen LogP contribution in [0.4, 0.5) is 8.78 Å². The second kappa shape index (κ2) is 6.47. The summed E-state index contributed by atoms with van der Waals surface area (Å²) in [5.74, 6) is -2.04. The third kappa shape index (κ3) is 3.34. The van der Waals surface area contributed by atoms with Gasteiger partial charge in [-0.1, -0.05) is 0 Å². The quantitative estimate of drug-likeness (QED) is 0.747. The molecule has 3 rings (SSSR count). The Morgan fingerprint density at radius 1 is 1.08 bits per heavy atom. The third-order valence-electron chi connectivity index (χ3n) is 3.57. The maximum atomic E-state index is 13.2. The highest BCUT2D eigenvalue weighted by Crippen LogP contribution is 2.28. The lowest BCUT2D eigenvalue weighted by molar-refractivity contribution is -0.210. The van der Waals surface area contributed by atoms with E-state index < -0.39 is 17.8 Å². The van der Waals surface area contributed by atoms with Gasteiger partial charge in [-0.2, -0.15) is 8.78 Å². The number of ether oxygens (including phenoxy) is 2. The van der Waals surface area contributed by atoms with Gasteiger partial charge < -0.3 is 19.0 Å². The van der Waals surface area contributed by atoms with Crippen LogP contribution >= 0.6 is 0 Å². The van der Waals surface area contributed by atoms with Gasteiger partial charge >= 0.3 is 12.1 Å². The number of fused-ring (bicyclic) bond motifs is 1. The first-order valence-corrected chi connectivity index (χ1v) is 7.33. The monoisotopic (exact) mass is 362 g/mol. The highest BCUT2D eigenvalue weighted by molar-refractivity contribution is 5.80. The standard InChI is InChI=1S/C18H12F2O6/c1-24-11-4-2-10(3-5-11)15-9-14(21)13-7-6-12(8-16(13)25-15)26-18(19,20)17(22)23/h2-9H,1H3,(H,22,23). The van der Waals surface area contributed by atoms with E-state index in [-0.39, 0.29) is 22.2 Å². The zero-order chi connectivity index (χ0) is 18.9. The molecule has 2 aromatic carbocycles. The summed E-state index contributed by atoms with van der Waals surface area (Å²) in [7, 11) is 1.51. The lowest BCUT2D eigenvalue weighted by Gasteiger charge is -2.13. The largest absolute Gasteiger partial charge is 0.501 e. The van der Waals surface area contributed by atoms with Crippen LogP contribution in [0.1, 0.15) is 0 Å². The van der Waals surface area contributed by atoms with E-state index in [9.17, 15) is 18.4 Å². The Labute approximate surface area is 145 Å². The number of alkyl halides is 2. The number of carboxylic acids is 1. The molecular weight excluding hydrogens is 350 g/mol. The number of methoxy groups -OCH3 is 1. The predicted octanol–water partition coefficient (Wildman–Crippen LogP) is 3.52. The third-order valence-corrected chi connectivity index (χ3v) is 3.57. The first kappa shape index (κ1) is 17.4. The number of halogens is 2. The van der Waals surface area contributed by atoms with Crippen molar-refractivity contribution < 1.29 is 32.6 Å². The van der Waals surface area contributed by atoms with Gasteiger partial charge in [-0.25, -0.2) is 4.79 Å². The van der Waals surface area contributed by atoms with Crippen molar-refractivity contribution in [1.29, 1.82) is 0 Å². The molecule has 0 atom stereocenters. The van der Waals surface area contributed by atoms with Gasteiger partial charge in [-0.3, -0.25) is 4.79 Å². The van der Waals surface area contributed by atoms with E-state index in [1.165, 1.54) is 19.2 Å². The van der Waals surface area contributed by atoms with Gasteiger partial charge in [0.05, 0.1) is 12.5 Å². The van der Waals surface area contributed by atoms with Crippen molar-refractivity contribution in [2.24, 2.45) is 0 Å². The van der Waals surface area contributed by atoms with Crippen LogP contribution < -0.4 is 14.9 Å². The highest BCUT2D eigenvalue weighted by atomic mass is 19.3. The van der Waals surface area contributed by atoms with E-state index in [2.05, 4.69) is 4.74 Å². The molecule has 134 valence electrons. The smallest absolute Gasteiger partial charge is 0.497 e. The first-order chi connectivity index (χ1) is 12.3. The maximum Gasteiger partial charge on any atom is 0.501 e. The molecule has 1 N–H and O–H groups in total. The van der Waals surface area contributed by atoms with Crippen LogP contribution in [0.3, 0.4) is 0 Å². The Morgan fingerprint density at radius 3 is 2.35 bits per heavy atom. The Hall–Kier alpha value is -3.42. The van der Waals surface area contributed by atoms with E-state index in [1.54, 1.807) is 24.3 Å². The van der Waals surface area contributed by atoms with Crippen molar-refractivity contribution in [3.8, 4) is 22.8 Å². The number of hydrogen-bond acceptors (Lipinski definition) is 5. The number of carboxylic acid groups (broad SMARTS) is 1. The van der Waals surface area contributed by atoms with Crippen LogP contribution in [-0.4, -0.2) is 24.3 Å². The molecular formula is C18H12F2O6. The summed E-state index contributed by atoms with van der Waals surface area (Å²) >= 11 is 0. The average molecular weight is 362 g/mol. The van der Waals surface area contributed by atoms with E-state index >= 15 is 0 Å². The van der Waals surface area contributed by atoms with Crippen molar-refractivity contribution >= 4 is 16.9 Å². The molecule has 1 aromatic heterocycles. The molecule has 1 heterocycles. The highest BCUT2D eigenvalue weighted by Gasteiger charge is 2.42. The summed E-state index contributed by atoms with van der Waals surface area (Å²) in [6.45, 7) is 0. The van der Waals surface area contributed by atoms with Crippen molar-refractivity contribution in [1.82, 2.24) is 0 Å². The summed E-state index contributed by atoms with van der Waals surface area (Å²) in [5.41, 5.74) is 0.183. The minimum atomic E-state index is -4.40. The van der Waals surface area contributed by atoms with Gasteiger partial charge in [0.15, 0.2) is 5.43 Å². The molecule has 0 saturated heterocycles. The van der Waals surface area contributed by atoms with Crippen LogP contribution in [0.15, 0.2) is 57.7 Å². The number of benzene rings is 2. The van der Waals surface area contributed by atoms with Crippen LogP contribution in [0.25, 0.3) is 22.3 Å². The van der Waals surface area contributed by atoms with Gasteiger partial charge in [-0.15, -0.1) is 0 Å². The van der Waals surface area contributed by atoms with Gasteiger partial charge in [0.25, 0.3) is 0 Å². The molecule has 0 aliphatic heterocycles. The lowest BCUT2D eigenvalue weighted by atomic mass is 10.1. The first-order valence-electron chi connectivity index (χ1n) is 7.33. The molecule has 0 saturated carbocycles. The van der Waals surface area contributed by atoms with Crippen LogP contribution in [0.5, 0.6) is 11.5 Å². The predicted molar refractivity (Wildman–Crippen MR) is 87.7 cm³/mol. The minimum Gasteiger partial charge on any atom is -0.497 e. The number of aliphatic carboxylic acids is 1. The maximum absolute atomic E-state index is 13.2. The molecule has 0 aliphatic carbocycles. The fourth-order valence-electron chi connectivity index (χ4n) is 2.29. The molecule has 26 heavy (non-hydrogen) atoms. The van der Waals surface area contributed by atoms with E-state index in [1.807, 2.05) is 0 Å². The van der Waals surface area contributed by atoms with E-state index in [4.69, 9.17) is 14.3 Å². The van der Waals surface area contributed by atoms with Crippen LogP contribution in [-0.2, 0) is 4.79 Å². The lowest BCUT2D eigenvalue weighted by Crippen LogP contribution is -2.34. The second-order valence-corrected chi connectivity index (χ2v) is 5.29. The molecule has 3 aromatic rings. The minimum absolute atomic E-state index is 0.0120. The molecule has 0 bridgehead atoms. The Bertz CT molecular complexity index is 1020. The zero-order valence-corrected chi connectivity index (χ0v) is 13.4. The zero-order valence-electron chi connectivity index (χ0n) is 13.4. The Morgan fingerprint density at radius 2 is 1.73 bits per heavy atom. The molecule has 0 radical (unpaired) electrons. The van der Waals surface area contributed by atoms with Crippen molar-refractivity contribution in [2.45, 2.75) is 6.11 Å². The van der Waals surface area contributed by atoms with E-state index in [0.29, 0.717) is 11.3 Å². The number of hydrogen-bond donors (Lipinski definition) is 1. The summed E-state index contributed by atoms with van der Waals surface area (Å²) in [4.78, 5) is 22.7. The Balaban J connectivity index is 2.05. The van der Waals surface area contributed by atoms with Crippen LogP contribution in [0.2, 0.25) is 0 Å². The van der Waals surface area contributed by atoms with Gasteiger partial charge in [0, 0.05) is 17.7 Å². The Kier molecular flexibility index (Phi) is 4.33. The summed E-state index contributed by atoms with van der Waals surface area (Å²) in [6, 6.07) is 11.3. The van der Waals surface area contributed by atoms with Crippen molar-refractivity contribution in [3.63, 3.8) is 0 Å². The number of carbonyl (C=O) groups is 1. The summed E-state index contributed by atoms with van der Waals surface area (Å²) in [5, 5.41) is 8.58. The van der Waals surface area contributed by atoms with E-state index in [0.717, 1.165) is 12.1 Å². The fraction of sp³-hybridized carbons (Fsp3) is 0.111. The summed E-state index contributed by atoms with van der Waals surface area (Å²) < 4.78 is 41.2. The molecule has 0 unspecified atom stereocenters. The molecule has 0 amide bonds. The van der Waals surface area contributed by atoms with Crippen LogP contribution in [0, 0.1) is 0 Å². The second-order valence-electron chi connectivity index (χ2n) is 5.29. The number of rotatable bonds is 5. The van der Waals surface area contributed by atoms with Gasteiger partial charge in [0.1, 0.15) is 22.8 Å². The van der Waals surface area contributed by atoms with Crippen molar-refractivity contribution in [3.05, 3.63) is 58.8 Å². The molecule has 6 nitrogen and oxygen atoms in total. The summed E-state index contributed by atoms with van der Waals surface area (Å²) in [6.07, 6.45) is -4.40. The topological polar surface area (TPSA) is 86.0 Å². The SMILES string of the molecule is COc1ccc(-c2cc(=O)c3ccc(OC(F)(F)C(=O)O)cc3o2)cc1. The average Bonchev–Trinajstić information content (AvgIpc) is 2.61. The molecule has 8 heteroatoms. The molecule has 0 aliphatic rings. The van der Waals surface area contributed by atoms with Gasteiger partial charge in [-0.05, 0) is 36.4 Å². The van der Waals surface area contributed by atoms with Crippen molar-refractivity contribution in [2.75, 3.05) is 7.11 Å². The normalized spacial score (nSPS) is 11.3.